The van der Waals surface area contributed by atoms with Crippen molar-refractivity contribution in [2.24, 2.45) is 0 Å². The summed E-state index contributed by atoms with van der Waals surface area (Å²) in [7, 11) is 0. The molecule has 0 aromatic heterocycles. The van der Waals surface area contributed by atoms with Crippen molar-refractivity contribution in [1.82, 2.24) is 0 Å². The van der Waals surface area contributed by atoms with E-state index in [-0.39, 0.29) is 37.5 Å². The monoisotopic (exact) mass is 927 g/mol. The first kappa shape index (κ1) is 62.8. The Kier molecular flexibility index (Phi) is 51.0. The van der Waals surface area contributed by atoms with E-state index in [9.17, 15) is 14.4 Å². The molecule has 0 bridgehead atoms. The zero-order valence-electron chi connectivity index (χ0n) is 43.1. The summed E-state index contributed by atoms with van der Waals surface area (Å²) in [4.78, 5) is 38.1. The van der Waals surface area contributed by atoms with Crippen LogP contribution in [0.15, 0.2) is 122 Å². The van der Waals surface area contributed by atoms with Crippen molar-refractivity contribution in [1.29, 1.82) is 0 Å². The number of ether oxygens (including phenoxy) is 3. The number of carbonyl (C=O) groups excluding carboxylic acids is 3. The van der Waals surface area contributed by atoms with Gasteiger partial charge in [-0.3, -0.25) is 14.4 Å². The van der Waals surface area contributed by atoms with Crippen molar-refractivity contribution in [2.75, 3.05) is 13.2 Å². The topological polar surface area (TPSA) is 78.9 Å². The van der Waals surface area contributed by atoms with Crippen LogP contribution in [0.5, 0.6) is 0 Å². The molecule has 0 aromatic rings. The van der Waals surface area contributed by atoms with Crippen LogP contribution in [0.2, 0.25) is 0 Å². The second-order valence-corrected chi connectivity index (χ2v) is 17.5. The van der Waals surface area contributed by atoms with Gasteiger partial charge in [0.05, 0.1) is 0 Å². The number of allylic oxidation sites excluding steroid dienone is 20. The molecule has 0 saturated carbocycles. The third-order valence-electron chi connectivity index (χ3n) is 11.1. The van der Waals surface area contributed by atoms with Gasteiger partial charge in [0.1, 0.15) is 13.2 Å². The SMILES string of the molecule is CC/C=C\C/C=C\C/C=C\C/C=C\C/C=C\CCCCCC(=O)OCC(COC(=O)CCCCCCCCCCCCCC)OC(=O)CCCCCCC\C=C/C=C\C=C/C=C\C=C/CCC. The van der Waals surface area contributed by atoms with E-state index < -0.39 is 6.10 Å². The van der Waals surface area contributed by atoms with E-state index in [1.807, 2.05) is 24.3 Å². The van der Waals surface area contributed by atoms with Crippen molar-refractivity contribution in [3.63, 3.8) is 0 Å². The predicted octanol–water partition coefficient (Wildman–Crippen LogP) is 18.1. The summed E-state index contributed by atoms with van der Waals surface area (Å²) in [5.41, 5.74) is 0. The minimum atomic E-state index is -0.807. The molecule has 0 saturated heterocycles. The summed E-state index contributed by atoms with van der Waals surface area (Å²) in [5, 5.41) is 0. The van der Waals surface area contributed by atoms with Crippen LogP contribution in [-0.2, 0) is 28.6 Å². The molecule has 0 aliphatic carbocycles. The van der Waals surface area contributed by atoms with E-state index in [0.717, 1.165) is 122 Å². The average molecular weight is 927 g/mol. The van der Waals surface area contributed by atoms with Crippen molar-refractivity contribution in [3.05, 3.63) is 122 Å². The van der Waals surface area contributed by atoms with Crippen LogP contribution >= 0.6 is 0 Å². The quantitative estimate of drug-likeness (QED) is 0.0199. The van der Waals surface area contributed by atoms with E-state index in [1.54, 1.807) is 0 Å². The number of unbranched alkanes of at least 4 members (excludes halogenated alkanes) is 20. The van der Waals surface area contributed by atoms with Crippen LogP contribution in [0.1, 0.15) is 226 Å². The molecule has 0 rings (SSSR count). The minimum Gasteiger partial charge on any atom is -0.462 e. The van der Waals surface area contributed by atoms with Gasteiger partial charge in [-0.25, -0.2) is 0 Å². The average Bonchev–Trinajstić information content (AvgIpc) is 3.33. The number of esters is 3. The lowest BCUT2D eigenvalue weighted by Gasteiger charge is -2.18. The van der Waals surface area contributed by atoms with Crippen molar-refractivity contribution in [2.45, 2.75) is 232 Å². The zero-order valence-corrected chi connectivity index (χ0v) is 43.1. The Bertz CT molecular complexity index is 1440. The molecule has 6 nitrogen and oxygen atoms in total. The van der Waals surface area contributed by atoms with Crippen molar-refractivity contribution >= 4 is 17.9 Å². The Morgan fingerprint density at radius 1 is 0.328 bits per heavy atom. The summed E-state index contributed by atoms with van der Waals surface area (Å²) in [6.07, 6.45) is 74.6. The first-order valence-corrected chi connectivity index (χ1v) is 27.1. The van der Waals surface area contributed by atoms with Gasteiger partial charge in [-0.1, -0.05) is 245 Å². The summed E-state index contributed by atoms with van der Waals surface area (Å²) in [6, 6.07) is 0. The fourth-order valence-electron chi connectivity index (χ4n) is 7.03. The molecular formula is C61H98O6. The summed E-state index contributed by atoms with van der Waals surface area (Å²) >= 11 is 0. The Hall–Kier alpha value is -4.19. The van der Waals surface area contributed by atoms with Crippen LogP contribution in [0, 0.1) is 0 Å². The Morgan fingerprint density at radius 3 is 1.12 bits per heavy atom. The van der Waals surface area contributed by atoms with Crippen molar-refractivity contribution in [3.8, 4) is 0 Å². The highest BCUT2D eigenvalue weighted by molar-refractivity contribution is 5.71. The van der Waals surface area contributed by atoms with Gasteiger partial charge in [-0.05, 0) is 83.5 Å². The first-order chi connectivity index (χ1) is 33.0. The fraction of sp³-hybridized carbons (Fsp3) is 0.623. The largest absolute Gasteiger partial charge is 0.462 e. The first-order valence-electron chi connectivity index (χ1n) is 27.1. The van der Waals surface area contributed by atoms with E-state index in [2.05, 4.69) is 118 Å². The molecule has 0 spiro atoms. The number of hydrogen-bond acceptors (Lipinski definition) is 6. The van der Waals surface area contributed by atoms with Crippen LogP contribution < -0.4 is 0 Å². The normalized spacial score (nSPS) is 13.1. The second kappa shape index (κ2) is 54.4. The minimum absolute atomic E-state index is 0.101. The van der Waals surface area contributed by atoms with Crippen LogP contribution in [-0.4, -0.2) is 37.2 Å². The Labute approximate surface area is 412 Å². The van der Waals surface area contributed by atoms with Gasteiger partial charge in [0.2, 0.25) is 0 Å². The maximum atomic E-state index is 12.8. The Balaban J connectivity index is 4.51. The van der Waals surface area contributed by atoms with Gasteiger partial charge in [0.15, 0.2) is 6.10 Å². The molecule has 1 atom stereocenters. The molecule has 0 heterocycles. The molecule has 0 N–H and O–H groups in total. The lowest BCUT2D eigenvalue weighted by molar-refractivity contribution is -0.167. The smallest absolute Gasteiger partial charge is 0.306 e. The number of hydrogen-bond donors (Lipinski definition) is 0. The third kappa shape index (κ3) is 52.6. The van der Waals surface area contributed by atoms with E-state index in [0.29, 0.717) is 12.8 Å². The molecule has 0 amide bonds. The lowest BCUT2D eigenvalue weighted by atomic mass is 10.0. The summed E-state index contributed by atoms with van der Waals surface area (Å²) in [5.74, 6) is -0.964. The van der Waals surface area contributed by atoms with Gasteiger partial charge in [0, 0.05) is 19.3 Å². The van der Waals surface area contributed by atoms with Crippen LogP contribution in [0.3, 0.4) is 0 Å². The van der Waals surface area contributed by atoms with Gasteiger partial charge in [-0.15, -0.1) is 0 Å². The van der Waals surface area contributed by atoms with Gasteiger partial charge < -0.3 is 14.2 Å². The molecule has 0 aliphatic heterocycles. The van der Waals surface area contributed by atoms with Gasteiger partial charge >= 0.3 is 17.9 Å². The second-order valence-electron chi connectivity index (χ2n) is 17.5. The predicted molar refractivity (Wildman–Crippen MR) is 288 cm³/mol. The molecule has 67 heavy (non-hydrogen) atoms. The number of rotatable bonds is 47. The maximum Gasteiger partial charge on any atom is 0.306 e. The molecule has 0 radical (unpaired) electrons. The zero-order chi connectivity index (χ0) is 48.6. The standard InChI is InChI=1S/C61H98O6/c1-4-7-10-13-16-19-22-25-27-29-31-33-34-36-39-42-45-48-51-54-60(63)66-57-58(56-65-59(62)53-50-47-44-41-38-24-21-18-15-12-9-6-3)67-61(64)55-52-49-46-43-40-37-35-32-30-28-26-23-20-17-14-11-8-5-2/h7,10-11,14,16-17,19-20,23,25-28,30-33,35-36,39,58H,4-6,8-9,12-13,15,18,21-22,24,29,34,37-38,40-57H2,1-3H3/b10-7-,14-11-,19-16-,20-17-,26-23-,27-25-,30-28-,33-31-,35-32-,39-36-. The van der Waals surface area contributed by atoms with Crippen LogP contribution in [0.4, 0.5) is 0 Å². The molecule has 378 valence electrons. The van der Waals surface area contributed by atoms with E-state index in [4.69, 9.17) is 14.2 Å². The highest BCUT2D eigenvalue weighted by atomic mass is 16.6. The molecule has 6 heteroatoms. The van der Waals surface area contributed by atoms with E-state index >= 15 is 0 Å². The number of carbonyl (C=O) groups is 3. The van der Waals surface area contributed by atoms with E-state index in [1.165, 1.54) is 64.2 Å². The molecule has 0 fully saturated rings. The highest BCUT2D eigenvalue weighted by Gasteiger charge is 2.19. The van der Waals surface area contributed by atoms with Gasteiger partial charge in [0.25, 0.3) is 0 Å². The maximum absolute atomic E-state index is 12.8. The molecule has 1 unspecified atom stereocenters. The fourth-order valence-corrected chi connectivity index (χ4v) is 7.03. The molecular weight excluding hydrogens is 829 g/mol. The summed E-state index contributed by atoms with van der Waals surface area (Å²) < 4.78 is 16.8. The third-order valence-corrected chi connectivity index (χ3v) is 11.1. The van der Waals surface area contributed by atoms with Crippen LogP contribution in [0.25, 0.3) is 0 Å². The van der Waals surface area contributed by atoms with Gasteiger partial charge in [-0.2, -0.15) is 0 Å². The molecule has 0 aromatic carbocycles. The molecule has 0 aliphatic rings. The highest BCUT2D eigenvalue weighted by Crippen LogP contribution is 2.14. The summed E-state index contributed by atoms with van der Waals surface area (Å²) in [6.45, 7) is 6.37. The lowest BCUT2D eigenvalue weighted by Crippen LogP contribution is -2.30. The Morgan fingerprint density at radius 2 is 0.672 bits per heavy atom. The van der Waals surface area contributed by atoms with Crippen molar-refractivity contribution < 1.29 is 28.6 Å².